The Morgan fingerprint density at radius 1 is 0.908 bits per heavy atom. The van der Waals surface area contributed by atoms with Gasteiger partial charge in [0.1, 0.15) is 12.1 Å². The van der Waals surface area contributed by atoms with Crippen LogP contribution in [0.3, 0.4) is 0 Å². The Bertz CT molecular complexity index is 2310. The molecule has 0 radical (unpaired) electrons. The Morgan fingerprint density at radius 3 is 2.12 bits per heavy atom. The highest BCUT2D eigenvalue weighted by Gasteiger charge is 2.55. The number of benzene rings is 2. The lowest BCUT2D eigenvalue weighted by Gasteiger charge is -2.37. The summed E-state index contributed by atoms with van der Waals surface area (Å²) in [4.78, 5) is 74.5. The van der Waals surface area contributed by atoms with Crippen molar-refractivity contribution in [3.63, 3.8) is 0 Å². The van der Waals surface area contributed by atoms with Gasteiger partial charge in [-0.2, -0.15) is 8.78 Å². The minimum Gasteiger partial charge on any atom is -0.393 e. The first-order chi connectivity index (χ1) is 30.5. The van der Waals surface area contributed by atoms with Crippen LogP contribution < -0.4 is 5.32 Å². The summed E-state index contributed by atoms with van der Waals surface area (Å²) >= 11 is 2.72. The van der Waals surface area contributed by atoms with Crippen LogP contribution in [0.4, 0.5) is 8.78 Å². The highest BCUT2D eigenvalue weighted by Crippen LogP contribution is 2.67. The zero-order chi connectivity index (χ0) is 47.5. The Labute approximate surface area is 391 Å². The second-order valence-corrected chi connectivity index (χ2v) is 24.1. The third kappa shape index (κ3) is 11.7. The maximum absolute atomic E-state index is 16.5. The maximum Gasteiger partial charge on any atom is 0.404 e. The lowest BCUT2D eigenvalue weighted by atomic mass is 9.95. The number of hydrogen-bond donors (Lipinski definition) is 2. The zero-order valence-electron chi connectivity index (χ0n) is 37.4. The van der Waals surface area contributed by atoms with Crippen molar-refractivity contribution in [2.24, 2.45) is 10.8 Å². The fourth-order valence-corrected chi connectivity index (χ4v) is 12.5. The molecule has 3 fully saturated rings. The van der Waals surface area contributed by atoms with Gasteiger partial charge in [-0.1, -0.05) is 101 Å². The average Bonchev–Trinajstić information content (AvgIpc) is 4.01. The van der Waals surface area contributed by atoms with Gasteiger partial charge in [0.25, 0.3) is 5.91 Å². The van der Waals surface area contributed by atoms with Crippen LogP contribution in [0.1, 0.15) is 100 Å². The molecule has 0 unspecified atom stereocenters. The maximum atomic E-state index is 16.5. The molecule has 6 atom stereocenters. The van der Waals surface area contributed by atoms with Gasteiger partial charge in [-0.05, 0) is 54.8 Å². The first kappa shape index (κ1) is 50.7. The molecule has 0 aliphatic carbocycles. The van der Waals surface area contributed by atoms with Crippen molar-refractivity contribution in [1.82, 2.24) is 15.1 Å². The van der Waals surface area contributed by atoms with E-state index in [1.54, 1.807) is 51.3 Å². The number of thiophene rings is 1. The summed E-state index contributed by atoms with van der Waals surface area (Å²) in [6.45, 7) is 17.7. The second kappa shape index (κ2) is 20.7. The number of rotatable bonds is 14. The van der Waals surface area contributed by atoms with Gasteiger partial charge in [-0.25, -0.2) is 6.57 Å². The van der Waals surface area contributed by atoms with Crippen LogP contribution in [0.5, 0.6) is 0 Å². The number of carbonyl (C=O) groups is 5. The topological polar surface area (TPSA) is 164 Å². The number of fused-ring (bicyclic) bond motifs is 2. The van der Waals surface area contributed by atoms with Crippen LogP contribution in [0.15, 0.2) is 54.6 Å². The van der Waals surface area contributed by atoms with E-state index in [2.05, 4.69) is 10.2 Å². The van der Waals surface area contributed by atoms with E-state index in [0.717, 1.165) is 52.6 Å². The summed E-state index contributed by atoms with van der Waals surface area (Å²) in [5.74, 6) is -1.73. The van der Waals surface area contributed by atoms with Crippen LogP contribution in [0.2, 0.25) is 0 Å². The van der Waals surface area contributed by atoms with Gasteiger partial charge < -0.3 is 34.1 Å². The van der Waals surface area contributed by atoms with Crippen LogP contribution in [0.25, 0.3) is 14.9 Å². The normalized spacial score (nSPS) is 23.2. The lowest BCUT2D eigenvalue weighted by molar-refractivity contribution is -0.147. The quantitative estimate of drug-likeness (QED) is 0.0903. The number of carbonyl (C=O) groups excluding carboxylic acids is 5. The molecule has 3 aliphatic rings. The smallest absolute Gasteiger partial charge is 0.393 e. The highest BCUT2D eigenvalue weighted by molar-refractivity contribution is 8.14. The average molecular weight is 975 g/mol. The van der Waals surface area contributed by atoms with Gasteiger partial charge in [0.2, 0.25) is 17.9 Å². The van der Waals surface area contributed by atoms with E-state index >= 15 is 8.78 Å². The molecule has 3 aliphatic heterocycles. The molecule has 13 nitrogen and oxygen atoms in total. The largest absolute Gasteiger partial charge is 0.404 e. The Hall–Kier alpha value is -3.69. The molecule has 19 heteroatoms. The fraction of sp³-hybridized carbons (Fsp3) is 0.565. The molecule has 0 bridgehead atoms. The highest BCUT2D eigenvalue weighted by atomic mass is 32.2. The standard InChI is InChI=1S/C46H57F2N4O9PS3/c1-44(2,3)42(57)63-21-19-60-62(59,61-20-22-64-43(58)45(4,5)6)46(47,48)30-13-18-37-29(23-30)24-38(65-37)39(54)50-34-25-32(53)16-14-31-15-17-36(52(31)40(34)55)41(56)51-26-33(35(27-51)49-7)28-11-9-8-10-12-28/h8-13,18,23-24,31-36,53H,14-17,19-22,25-27H2,1-6H3,(H,50,54)/t31-,32-,33+,34-,35-,36-/m0/s1. The van der Waals surface area contributed by atoms with E-state index in [4.69, 9.17) is 15.6 Å². The molecule has 1 aromatic heterocycles. The zero-order valence-corrected chi connectivity index (χ0v) is 40.8. The molecule has 3 aromatic rings. The Morgan fingerprint density at radius 2 is 1.52 bits per heavy atom. The van der Waals surface area contributed by atoms with Gasteiger partial charge in [-0.3, -0.25) is 28.5 Å². The monoisotopic (exact) mass is 974 g/mol. The molecule has 352 valence electrons. The van der Waals surface area contributed by atoms with Crippen molar-refractivity contribution in [3.8, 4) is 0 Å². The summed E-state index contributed by atoms with van der Waals surface area (Å²) in [7, 11) is -5.30. The number of alkyl halides is 2. The predicted octanol–water partition coefficient (Wildman–Crippen LogP) is 8.71. The van der Waals surface area contributed by atoms with Gasteiger partial charge in [0.05, 0.1) is 36.7 Å². The number of thioether (sulfide) groups is 2. The molecule has 3 amide bonds. The number of nitrogens with one attached hydrogen (secondary N) is 1. The van der Waals surface area contributed by atoms with Crippen LogP contribution in [0, 0.1) is 17.4 Å². The minimum absolute atomic E-state index is 0.0634. The van der Waals surface area contributed by atoms with Gasteiger partial charge in [0, 0.05) is 51.6 Å². The molecular formula is C46H57F2N4O9PS3. The molecule has 0 spiro atoms. The molecule has 6 rings (SSSR count). The number of aliphatic hydroxyl groups excluding tert-OH is 1. The fourth-order valence-electron chi connectivity index (χ4n) is 8.20. The molecule has 2 aromatic carbocycles. The van der Waals surface area contributed by atoms with Crippen LogP contribution in [-0.2, 0) is 38.5 Å². The SMILES string of the molecule is [C-]#[N+][C@H]1CN(C(=O)[C@@H]2CC[C@@H]3CC[C@H](O)C[C@H](NC(=O)c4cc5cc(C(F)(F)P(=O)(OCCSC(=O)C(C)(C)C)OCCSC(=O)C(C)(C)C)ccc5s4)C(=O)N32)C[C@@H]1c1ccccc1. The lowest BCUT2D eigenvalue weighted by Crippen LogP contribution is -2.57. The second-order valence-electron chi connectivity index (χ2n) is 18.8. The van der Waals surface area contributed by atoms with Crippen LogP contribution in [-0.4, -0.2) is 111 Å². The summed E-state index contributed by atoms with van der Waals surface area (Å²) in [6.07, 6.45) is 0.756. The minimum atomic E-state index is -5.30. The summed E-state index contributed by atoms with van der Waals surface area (Å²) in [6, 6.07) is 11.7. The predicted molar refractivity (Wildman–Crippen MR) is 250 cm³/mol. The van der Waals surface area contributed by atoms with Gasteiger partial charge in [0.15, 0.2) is 10.2 Å². The number of likely N-dealkylation sites (tertiary alicyclic amines) is 1. The van der Waals surface area contributed by atoms with E-state index < -0.39 is 78.9 Å². The molecule has 0 saturated carbocycles. The van der Waals surface area contributed by atoms with E-state index in [-0.39, 0.29) is 62.8 Å². The van der Waals surface area contributed by atoms with Crippen molar-refractivity contribution in [2.75, 3.05) is 37.8 Å². The van der Waals surface area contributed by atoms with E-state index in [0.29, 0.717) is 36.9 Å². The van der Waals surface area contributed by atoms with Gasteiger partial charge in [-0.15, -0.1) is 11.3 Å². The van der Waals surface area contributed by atoms with Crippen molar-refractivity contribution < 1.29 is 51.5 Å². The molecule has 65 heavy (non-hydrogen) atoms. The van der Waals surface area contributed by atoms with Crippen LogP contribution >= 0.6 is 42.5 Å². The Kier molecular flexibility index (Phi) is 16.1. The van der Waals surface area contributed by atoms with E-state index in [1.807, 2.05) is 30.3 Å². The number of amides is 3. The number of hydrogen-bond acceptors (Lipinski definition) is 12. The van der Waals surface area contributed by atoms with Gasteiger partial charge >= 0.3 is 13.3 Å². The Balaban J connectivity index is 1.18. The first-order valence-electron chi connectivity index (χ1n) is 21.7. The number of nitrogens with zero attached hydrogens (tertiary/aromatic N) is 3. The third-order valence-electron chi connectivity index (χ3n) is 11.8. The van der Waals surface area contributed by atoms with E-state index in [1.165, 1.54) is 12.1 Å². The molecular weight excluding hydrogens is 918 g/mol. The van der Waals surface area contributed by atoms with Crippen molar-refractivity contribution in [3.05, 3.63) is 82.0 Å². The molecule has 4 heterocycles. The third-order valence-corrected chi connectivity index (χ3v) is 17.4. The summed E-state index contributed by atoms with van der Waals surface area (Å²) in [5, 5.41) is 13.5. The van der Waals surface area contributed by atoms with Crippen molar-refractivity contribution in [2.45, 2.75) is 115 Å². The van der Waals surface area contributed by atoms with Crippen molar-refractivity contribution >= 4 is 80.5 Å². The summed E-state index contributed by atoms with van der Waals surface area (Å²) in [5.41, 5.74) is -5.33. The first-order valence-corrected chi connectivity index (χ1v) is 26.0. The summed E-state index contributed by atoms with van der Waals surface area (Å²) < 4.78 is 58.2. The van der Waals surface area contributed by atoms with Crippen molar-refractivity contribution in [1.29, 1.82) is 0 Å². The molecule has 2 N–H and O–H groups in total. The number of aliphatic hydroxyl groups is 1. The number of halogens is 2. The van der Waals surface area contributed by atoms with E-state index in [9.17, 15) is 33.6 Å². The molecule has 3 saturated heterocycles.